The molecule has 140 valence electrons. The lowest BCUT2D eigenvalue weighted by atomic mass is 10.2. The summed E-state index contributed by atoms with van der Waals surface area (Å²) in [5, 5.41) is 9.29. The Hall–Kier alpha value is -2.49. The molecule has 2 aromatic carbocycles. The summed E-state index contributed by atoms with van der Waals surface area (Å²) in [6.45, 7) is 0. The van der Waals surface area contributed by atoms with Crippen LogP contribution in [0.4, 0.5) is 0 Å². The fourth-order valence-corrected chi connectivity index (χ4v) is 4.73. The molecular weight excluding hydrogens is 412 g/mol. The van der Waals surface area contributed by atoms with Crippen molar-refractivity contribution in [3.8, 4) is 11.5 Å². The Morgan fingerprint density at radius 1 is 0.889 bits per heavy atom. The molecule has 0 bridgehead atoms. The van der Waals surface area contributed by atoms with Crippen LogP contribution in [0.25, 0.3) is 11.5 Å². The van der Waals surface area contributed by atoms with Crippen LogP contribution in [0.5, 0.6) is 0 Å². The van der Waals surface area contributed by atoms with Gasteiger partial charge >= 0.3 is 0 Å². The van der Waals surface area contributed by atoms with Gasteiger partial charge in [-0.2, -0.15) is 0 Å². The minimum Gasteiger partial charge on any atom is -0.420 e. The summed E-state index contributed by atoms with van der Waals surface area (Å²) in [5.41, 5.74) is 0.581. The second-order valence-electron chi connectivity index (χ2n) is 5.45. The van der Waals surface area contributed by atoms with Crippen LogP contribution in [0.1, 0.15) is 5.89 Å². The molecule has 0 saturated carbocycles. The quantitative estimate of drug-likeness (QED) is 0.597. The van der Waals surface area contributed by atoms with Gasteiger partial charge in [0.25, 0.3) is 0 Å². The molecule has 0 aliphatic carbocycles. The highest BCUT2D eigenvalue weighted by atomic mass is 35.5. The van der Waals surface area contributed by atoms with Crippen molar-refractivity contribution in [3.63, 3.8) is 0 Å². The average Bonchev–Trinajstić information content (AvgIpc) is 3.09. The Balaban J connectivity index is 1.76. The van der Waals surface area contributed by atoms with E-state index >= 15 is 0 Å². The van der Waals surface area contributed by atoms with E-state index in [1.807, 2.05) is 0 Å². The Kier molecular flexibility index (Phi) is 5.45. The predicted molar refractivity (Wildman–Crippen MR) is 100 cm³/mol. The summed E-state index contributed by atoms with van der Waals surface area (Å²) < 4.78 is 53.9. The zero-order chi connectivity index (χ0) is 19.5. The van der Waals surface area contributed by atoms with Gasteiger partial charge in [-0.1, -0.05) is 29.8 Å². The maximum atomic E-state index is 12.2. The summed E-state index contributed by atoms with van der Waals surface area (Å²) in [6, 6.07) is 14.1. The Morgan fingerprint density at radius 2 is 1.56 bits per heavy atom. The molecule has 0 fully saturated rings. The predicted octanol–water partition coefficient (Wildman–Crippen LogP) is 3.25. The van der Waals surface area contributed by atoms with Crippen LogP contribution in [-0.2, 0) is 25.4 Å². The molecule has 0 spiro atoms. The molecule has 1 heterocycles. The fourth-order valence-electron chi connectivity index (χ4n) is 2.09. The third kappa shape index (κ3) is 5.03. The number of halogens is 1. The number of nitrogens with zero attached hydrogens (tertiary/aromatic N) is 2. The van der Waals surface area contributed by atoms with Crippen LogP contribution in [0, 0.1) is 0 Å². The third-order valence-corrected chi connectivity index (χ3v) is 6.44. The van der Waals surface area contributed by atoms with E-state index in [1.165, 1.54) is 12.1 Å². The number of hydrogen-bond acceptors (Lipinski definition) is 7. The van der Waals surface area contributed by atoms with Crippen molar-refractivity contribution in [2.75, 3.05) is 0 Å². The standard InChI is InChI=1S/C17H13ClN2O5S2/c18-14-8-6-13(7-9-14)17-20-19-16(25-17)12-26(21,22)10-11-27(23,24)15-4-2-1-3-5-15/h1-11H,12H2/b11-10+. The molecule has 3 aromatic rings. The van der Waals surface area contributed by atoms with Gasteiger partial charge in [-0.15, -0.1) is 10.2 Å². The maximum Gasteiger partial charge on any atom is 0.247 e. The summed E-state index contributed by atoms with van der Waals surface area (Å²) in [4.78, 5) is -0.000681. The van der Waals surface area contributed by atoms with Crippen LogP contribution < -0.4 is 0 Å². The molecule has 0 amide bonds. The topological polar surface area (TPSA) is 107 Å². The number of sulfone groups is 2. The first kappa shape index (κ1) is 19.3. The lowest BCUT2D eigenvalue weighted by molar-refractivity contribution is 0.520. The number of rotatable bonds is 6. The normalized spacial score (nSPS) is 12.5. The van der Waals surface area contributed by atoms with Crippen molar-refractivity contribution in [3.05, 3.63) is 76.3 Å². The second kappa shape index (κ2) is 7.63. The first-order valence-electron chi connectivity index (χ1n) is 7.54. The fraction of sp³-hybridized carbons (Fsp3) is 0.0588. The molecule has 0 aliphatic rings. The van der Waals surface area contributed by atoms with E-state index in [0.29, 0.717) is 21.4 Å². The van der Waals surface area contributed by atoms with E-state index < -0.39 is 25.4 Å². The third-order valence-electron chi connectivity index (χ3n) is 3.40. The minimum absolute atomic E-state index is 0.000681. The number of hydrogen-bond donors (Lipinski definition) is 0. The van der Waals surface area contributed by atoms with Gasteiger partial charge in [0.15, 0.2) is 9.84 Å². The van der Waals surface area contributed by atoms with E-state index in [4.69, 9.17) is 16.0 Å². The van der Waals surface area contributed by atoms with Gasteiger partial charge < -0.3 is 4.42 Å². The van der Waals surface area contributed by atoms with Crippen LogP contribution in [0.3, 0.4) is 0 Å². The van der Waals surface area contributed by atoms with Crippen molar-refractivity contribution in [1.29, 1.82) is 0 Å². The summed E-state index contributed by atoms with van der Waals surface area (Å²) >= 11 is 5.80. The highest BCUT2D eigenvalue weighted by Crippen LogP contribution is 2.21. The lowest BCUT2D eigenvalue weighted by Crippen LogP contribution is -2.03. The summed E-state index contributed by atoms with van der Waals surface area (Å²) in [7, 11) is -7.79. The molecule has 0 atom stereocenters. The monoisotopic (exact) mass is 424 g/mol. The van der Waals surface area contributed by atoms with E-state index in [-0.39, 0.29) is 16.7 Å². The van der Waals surface area contributed by atoms with Gasteiger partial charge in [0, 0.05) is 21.4 Å². The van der Waals surface area contributed by atoms with Crippen molar-refractivity contribution < 1.29 is 21.3 Å². The zero-order valence-corrected chi connectivity index (χ0v) is 16.1. The molecule has 10 heteroatoms. The first-order chi connectivity index (χ1) is 12.8. The Labute approximate surface area is 161 Å². The molecule has 27 heavy (non-hydrogen) atoms. The molecular formula is C17H13ClN2O5S2. The van der Waals surface area contributed by atoms with Gasteiger partial charge in [0.2, 0.25) is 21.6 Å². The average molecular weight is 425 g/mol. The Morgan fingerprint density at radius 3 is 2.22 bits per heavy atom. The van der Waals surface area contributed by atoms with Gasteiger partial charge in [-0.05, 0) is 36.4 Å². The number of benzene rings is 2. The van der Waals surface area contributed by atoms with Crippen LogP contribution in [0.2, 0.25) is 5.02 Å². The van der Waals surface area contributed by atoms with Gasteiger partial charge in [-0.3, -0.25) is 0 Å². The van der Waals surface area contributed by atoms with Crippen molar-refractivity contribution in [2.45, 2.75) is 10.6 Å². The minimum atomic E-state index is -3.93. The smallest absolute Gasteiger partial charge is 0.247 e. The van der Waals surface area contributed by atoms with E-state index in [2.05, 4.69) is 10.2 Å². The van der Waals surface area contributed by atoms with Gasteiger partial charge in [0.05, 0.1) is 4.90 Å². The second-order valence-corrected chi connectivity index (χ2v) is 9.60. The van der Waals surface area contributed by atoms with E-state index in [9.17, 15) is 16.8 Å². The molecule has 1 aromatic heterocycles. The zero-order valence-electron chi connectivity index (χ0n) is 13.7. The molecule has 0 aliphatic heterocycles. The lowest BCUT2D eigenvalue weighted by Gasteiger charge is -1.98. The maximum absolute atomic E-state index is 12.2. The highest BCUT2D eigenvalue weighted by molar-refractivity contribution is 7.97. The van der Waals surface area contributed by atoms with Crippen molar-refractivity contribution >= 4 is 31.3 Å². The van der Waals surface area contributed by atoms with Gasteiger partial charge in [0.1, 0.15) is 5.75 Å². The summed E-state index contributed by atoms with van der Waals surface area (Å²) in [5.74, 6) is -0.631. The molecule has 7 nitrogen and oxygen atoms in total. The summed E-state index contributed by atoms with van der Waals surface area (Å²) in [6.07, 6.45) is 0. The molecule has 0 radical (unpaired) electrons. The van der Waals surface area contributed by atoms with Crippen LogP contribution >= 0.6 is 11.6 Å². The Bertz CT molecular complexity index is 1170. The van der Waals surface area contributed by atoms with Crippen LogP contribution in [-0.4, -0.2) is 27.0 Å². The van der Waals surface area contributed by atoms with E-state index in [1.54, 1.807) is 42.5 Å². The number of aromatic nitrogens is 2. The van der Waals surface area contributed by atoms with Crippen molar-refractivity contribution in [1.82, 2.24) is 10.2 Å². The molecule has 0 unspecified atom stereocenters. The molecule has 0 saturated heterocycles. The van der Waals surface area contributed by atoms with Crippen LogP contribution in [0.15, 0.2) is 74.7 Å². The van der Waals surface area contributed by atoms with Gasteiger partial charge in [-0.25, -0.2) is 16.8 Å². The first-order valence-corrected chi connectivity index (χ1v) is 11.2. The largest absolute Gasteiger partial charge is 0.420 e. The van der Waals surface area contributed by atoms with E-state index in [0.717, 1.165) is 0 Å². The highest BCUT2D eigenvalue weighted by Gasteiger charge is 2.17. The SMILES string of the molecule is O=S(=O)(/C=C/S(=O)(=O)c1ccccc1)Cc1nnc(-c2ccc(Cl)cc2)o1. The molecule has 0 N–H and O–H groups in total. The van der Waals surface area contributed by atoms with Crippen molar-refractivity contribution in [2.24, 2.45) is 0 Å². The molecule has 3 rings (SSSR count).